The summed E-state index contributed by atoms with van der Waals surface area (Å²) in [7, 11) is 0. The molecule has 2 amide bonds. The molecule has 1 aliphatic rings. The van der Waals surface area contributed by atoms with Crippen molar-refractivity contribution in [3.63, 3.8) is 0 Å². The van der Waals surface area contributed by atoms with Crippen LogP contribution in [0, 0.1) is 12.8 Å². The Hall–Kier alpha value is -3.49. The lowest BCUT2D eigenvalue weighted by atomic mass is 9.84. The number of carbonyl (C=O) groups excluding carboxylic acids is 2. The first-order valence-electron chi connectivity index (χ1n) is 11.8. The molecule has 0 radical (unpaired) electrons. The predicted molar refractivity (Wildman–Crippen MR) is 133 cm³/mol. The summed E-state index contributed by atoms with van der Waals surface area (Å²) < 4.78 is 5.99. The highest BCUT2D eigenvalue weighted by Gasteiger charge is 2.45. The molecule has 8 nitrogen and oxygen atoms in total. The number of hydrogen-bond donors (Lipinski definition) is 3. The highest BCUT2D eigenvalue weighted by molar-refractivity contribution is 5.95. The second-order valence-electron chi connectivity index (χ2n) is 9.76. The molecule has 1 aromatic heterocycles. The van der Waals surface area contributed by atoms with Gasteiger partial charge in [0.05, 0.1) is 17.5 Å². The molecule has 0 unspecified atom stereocenters. The molecule has 0 aliphatic carbocycles. The quantitative estimate of drug-likeness (QED) is 0.323. The topological polar surface area (TPSA) is 104 Å². The number of aryl methyl sites for hydroxylation is 1. The van der Waals surface area contributed by atoms with Gasteiger partial charge in [0.25, 0.3) is 5.91 Å². The minimum absolute atomic E-state index is 0.0182. The highest BCUT2D eigenvalue weighted by atomic mass is 16.5. The number of pyridine rings is 1. The van der Waals surface area contributed by atoms with E-state index in [0.29, 0.717) is 36.9 Å². The lowest BCUT2D eigenvalue weighted by Crippen LogP contribution is -2.71. The SMILES string of the molecule is Cc1cc(COc2ccc(C(=O)NC3(CC(=O)NO)CN(CC(C)C)C3)cc2)c2ccccc2n1. The van der Waals surface area contributed by atoms with Gasteiger partial charge in [0.15, 0.2) is 0 Å². The minimum Gasteiger partial charge on any atom is -0.489 e. The number of hydroxylamine groups is 1. The lowest BCUT2D eigenvalue weighted by molar-refractivity contribution is -0.132. The van der Waals surface area contributed by atoms with E-state index < -0.39 is 11.4 Å². The van der Waals surface area contributed by atoms with Crippen molar-refractivity contribution in [3.8, 4) is 5.75 Å². The third-order valence-electron chi connectivity index (χ3n) is 6.12. The fraction of sp³-hybridized carbons (Fsp3) is 0.370. The van der Waals surface area contributed by atoms with Crippen LogP contribution in [0.25, 0.3) is 10.9 Å². The zero-order valence-electron chi connectivity index (χ0n) is 20.4. The summed E-state index contributed by atoms with van der Waals surface area (Å²) in [5.74, 6) is 0.359. The number of rotatable bonds is 9. The van der Waals surface area contributed by atoms with E-state index in [0.717, 1.165) is 28.7 Å². The van der Waals surface area contributed by atoms with E-state index in [1.807, 2.05) is 37.3 Å². The number of para-hydroxylation sites is 1. The van der Waals surface area contributed by atoms with Crippen LogP contribution in [-0.4, -0.2) is 52.1 Å². The van der Waals surface area contributed by atoms with E-state index >= 15 is 0 Å². The van der Waals surface area contributed by atoms with Crippen molar-refractivity contribution >= 4 is 22.7 Å². The van der Waals surface area contributed by atoms with Crippen LogP contribution in [0.5, 0.6) is 5.75 Å². The Morgan fingerprint density at radius 2 is 1.86 bits per heavy atom. The molecule has 3 N–H and O–H groups in total. The van der Waals surface area contributed by atoms with Crippen LogP contribution in [0.2, 0.25) is 0 Å². The summed E-state index contributed by atoms with van der Waals surface area (Å²) in [6.45, 7) is 8.61. The fourth-order valence-corrected chi connectivity index (χ4v) is 4.73. The Balaban J connectivity index is 1.40. The molecular weight excluding hydrogens is 444 g/mol. The Bertz CT molecular complexity index is 1200. The molecule has 0 saturated carbocycles. The predicted octanol–water partition coefficient (Wildman–Crippen LogP) is 3.46. The maximum Gasteiger partial charge on any atom is 0.251 e. The first-order chi connectivity index (χ1) is 16.8. The average Bonchev–Trinajstić information content (AvgIpc) is 2.81. The third kappa shape index (κ3) is 5.96. The van der Waals surface area contributed by atoms with Gasteiger partial charge in [-0.3, -0.25) is 24.7 Å². The standard InChI is InChI=1S/C27H32N4O4/c1-18(2)14-31-16-27(17-31,13-25(32)30-34)29-26(33)20-8-10-22(11-9-20)35-15-21-12-19(3)28-24-7-5-4-6-23(21)24/h4-12,18,34H,13-17H2,1-3H3,(H,29,33)(H,30,32). The van der Waals surface area contributed by atoms with Crippen molar-refractivity contribution in [2.75, 3.05) is 19.6 Å². The van der Waals surface area contributed by atoms with Gasteiger partial charge >= 0.3 is 0 Å². The molecule has 0 atom stereocenters. The van der Waals surface area contributed by atoms with Gasteiger partial charge < -0.3 is 10.1 Å². The molecule has 1 aliphatic heterocycles. The summed E-state index contributed by atoms with van der Waals surface area (Å²) in [5, 5.41) is 13.0. The van der Waals surface area contributed by atoms with Gasteiger partial charge in [0, 0.05) is 41.8 Å². The number of nitrogens with one attached hydrogen (secondary N) is 2. The molecule has 2 heterocycles. The van der Waals surface area contributed by atoms with E-state index in [-0.39, 0.29) is 12.3 Å². The van der Waals surface area contributed by atoms with Gasteiger partial charge in [-0.25, -0.2) is 5.48 Å². The minimum atomic E-state index is -0.700. The number of benzene rings is 2. The van der Waals surface area contributed by atoms with E-state index in [1.165, 1.54) is 0 Å². The van der Waals surface area contributed by atoms with Crippen LogP contribution in [0.3, 0.4) is 0 Å². The molecule has 2 aromatic carbocycles. The van der Waals surface area contributed by atoms with Gasteiger partial charge in [0.1, 0.15) is 12.4 Å². The second kappa shape index (κ2) is 10.4. The number of carbonyl (C=O) groups is 2. The molecule has 35 heavy (non-hydrogen) atoms. The third-order valence-corrected chi connectivity index (χ3v) is 6.12. The summed E-state index contributed by atoms with van der Waals surface area (Å²) in [6, 6.07) is 17.0. The van der Waals surface area contributed by atoms with Crippen molar-refractivity contribution in [3.05, 3.63) is 71.4 Å². The number of aromatic nitrogens is 1. The number of ether oxygens (including phenoxy) is 1. The van der Waals surface area contributed by atoms with Crippen LogP contribution in [0.4, 0.5) is 0 Å². The molecule has 1 saturated heterocycles. The number of fused-ring (bicyclic) bond motifs is 1. The molecule has 3 aromatic rings. The molecule has 4 rings (SSSR count). The van der Waals surface area contributed by atoms with Gasteiger partial charge in [-0.2, -0.15) is 0 Å². The lowest BCUT2D eigenvalue weighted by Gasteiger charge is -2.50. The maximum atomic E-state index is 13.0. The number of hydrogen-bond acceptors (Lipinski definition) is 6. The first kappa shape index (κ1) is 24.6. The van der Waals surface area contributed by atoms with Gasteiger partial charge in [-0.1, -0.05) is 32.0 Å². The van der Waals surface area contributed by atoms with E-state index in [1.54, 1.807) is 29.7 Å². The smallest absolute Gasteiger partial charge is 0.251 e. The van der Waals surface area contributed by atoms with E-state index in [4.69, 9.17) is 9.94 Å². The number of likely N-dealkylation sites (tertiary alicyclic amines) is 1. The Kier molecular flexibility index (Phi) is 7.33. The Labute approximate surface area is 205 Å². The van der Waals surface area contributed by atoms with Crippen molar-refractivity contribution in [1.82, 2.24) is 20.7 Å². The molecule has 0 bridgehead atoms. The second-order valence-corrected chi connectivity index (χ2v) is 9.76. The van der Waals surface area contributed by atoms with Crippen molar-refractivity contribution < 1.29 is 19.5 Å². The molecule has 0 spiro atoms. The van der Waals surface area contributed by atoms with E-state index in [9.17, 15) is 9.59 Å². The maximum absolute atomic E-state index is 13.0. The van der Waals surface area contributed by atoms with Gasteiger partial charge in [-0.05, 0) is 49.2 Å². The molecule has 8 heteroatoms. The zero-order chi connectivity index (χ0) is 25.0. The van der Waals surface area contributed by atoms with Crippen molar-refractivity contribution in [1.29, 1.82) is 0 Å². The molecular formula is C27H32N4O4. The van der Waals surface area contributed by atoms with Crippen LogP contribution in [0.15, 0.2) is 54.6 Å². The normalized spacial score (nSPS) is 15.0. The summed E-state index contributed by atoms with van der Waals surface area (Å²) in [5.41, 5.74) is 4.38. The fourth-order valence-electron chi connectivity index (χ4n) is 4.73. The van der Waals surface area contributed by atoms with Crippen LogP contribution in [-0.2, 0) is 11.4 Å². The summed E-state index contributed by atoms with van der Waals surface area (Å²) in [6.07, 6.45) is 0.0182. The van der Waals surface area contributed by atoms with Crippen molar-refractivity contribution in [2.45, 2.75) is 39.3 Å². The zero-order valence-corrected chi connectivity index (χ0v) is 20.4. The van der Waals surface area contributed by atoms with Crippen LogP contribution >= 0.6 is 0 Å². The van der Waals surface area contributed by atoms with E-state index in [2.05, 4.69) is 29.0 Å². The Morgan fingerprint density at radius 1 is 1.14 bits per heavy atom. The summed E-state index contributed by atoms with van der Waals surface area (Å²) in [4.78, 5) is 31.6. The largest absolute Gasteiger partial charge is 0.489 e. The monoisotopic (exact) mass is 476 g/mol. The molecule has 184 valence electrons. The number of nitrogens with zero attached hydrogens (tertiary/aromatic N) is 2. The van der Waals surface area contributed by atoms with Gasteiger partial charge in [0.2, 0.25) is 5.91 Å². The Morgan fingerprint density at radius 3 is 2.54 bits per heavy atom. The first-order valence-corrected chi connectivity index (χ1v) is 11.8. The molecule has 1 fully saturated rings. The van der Waals surface area contributed by atoms with Gasteiger partial charge in [-0.15, -0.1) is 0 Å². The highest BCUT2D eigenvalue weighted by Crippen LogP contribution is 2.27. The number of amides is 2. The van der Waals surface area contributed by atoms with Crippen LogP contribution in [0.1, 0.15) is 41.9 Å². The van der Waals surface area contributed by atoms with Crippen molar-refractivity contribution in [2.24, 2.45) is 5.92 Å². The average molecular weight is 477 g/mol. The summed E-state index contributed by atoms with van der Waals surface area (Å²) >= 11 is 0. The van der Waals surface area contributed by atoms with Crippen LogP contribution < -0.4 is 15.5 Å².